The van der Waals surface area contributed by atoms with E-state index < -0.39 is 12.2 Å². The maximum Gasteiger partial charge on any atom is 0.231 e. The van der Waals surface area contributed by atoms with Crippen LogP contribution in [0.3, 0.4) is 0 Å². The van der Waals surface area contributed by atoms with E-state index in [4.69, 9.17) is 28.8 Å². The van der Waals surface area contributed by atoms with Crippen LogP contribution in [-0.2, 0) is 9.47 Å². The average molecular weight is 521 g/mol. The number of hydrogen-bond acceptors (Lipinski definition) is 9. The molecule has 2 unspecified atom stereocenters. The normalized spacial score (nSPS) is 27.3. The predicted octanol–water partition coefficient (Wildman–Crippen LogP) is 3.56. The number of benzene rings is 2. The summed E-state index contributed by atoms with van der Waals surface area (Å²) in [5.74, 6) is 2.21. The van der Waals surface area contributed by atoms with E-state index in [9.17, 15) is 10.2 Å². The van der Waals surface area contributed by atoms with E-state index >= 15 is 0 Å². The van der Waals surface area contributed by atoms with Crippen molar-refractivity contribution in [3.05, 3.63) is 71.2 Å². The molecule has 1 saturated carbocycles. The molecule has 2 N–H and O–H groups in total. The second-order valence-electron chi connectivity index (χ2n) is 10.1. The van der Waals surface area contributed by atoms with Crippen LogP contribution in [0.4, 0.5) is 5.69 Å². The van der Waals surface area contributed by atoms with Gasteiger partial charge >= 0.3 is 0 Å². The van der Waals surface area contributed by atoms with Crippen molar-refractivity contribution in [2.75, 3.05) is 39.7 Å². The van der Waals surface area contributed by atoms with Crippen molar-refractivity contribution < 1.29 is 33.9 Å². The van der Waals surface area contributed by atoms with Crippen LogP contribution in [0.2, 0.25) is 0 Å². The molecule has 6 rings (SSSR count). The molecular formula is C29H32N2O7. The molecule has 2 aliphatic carbocycles. The highest BCUT2D eigenvalue weighted by atomic mass is 16.7. The van der Waals surface area contributed by atoms with E-state index in [2.05, 4.69) is 18.2 Å². The van der Waals surface area contributed by atoms with E-state index in [-0.39, 0.29) is 30.5 Å². The highest BCUT2D eigenvalue weighted by Gasteiger charge is 2.54. The fourth-order valence-electron chi connectivity index (χ4n) is 6.52. The summed E-state index contributed by atoms with van der Waals surface area (Å²) >= 11 is 0. The fraction of sp³-hybridized carbons (Fsp3) is 0.414. The van der Waals surface area contributed by atoms with Crippen molar-refractivity contribution in [3.63, 3.8) is 0 Å². The average Bonchev–Trinajstić information content (AvgIpc) is 3.57. The highest BCUT2D eigenvalue weighted by Crippen LogP contribution is 2.54. The first kappa shape index (κ1) is 24.6. The highest BCUT2D eigenvalue weighted by molar-refractivity contribution is 5.96. The predicted molar refractivity (Wildman–Crippen MR) is 140 cm³/mol. The van der Waals surface area contributed by atoms with Crippen LogP contribution in [0.15, 0.2) is 65.2 Å². The van der Waals surface area contributed by atoms with E-state index in [1.165, 1.54) is 0 Å². The fourth-order valence-corrected chi connectivity index (χ4v) is 6.52. The molecule has 38 heavy (non-hydrogen) atoms. The third-order valence-electron chi connectivity index (χ3n) is 8.17. The van der Waals surface area contributed by atoms with Crippen molar-refractivity contribution in [2.24, 2.45) is 28.8 Å². The molecule has 0 bridgehead atoms. The zero-order valence-corrected chi connectivity index (χ0v) is 21.8. The number of nitrogens with zero attached hydrogens (tertiary/aromatic N) is 2. The van der Waals surface area contributed by atoms with Crippen molar-refractivity contribution in [3.8, 4) is 17.2 Å². The Kier molecular flexibility index (Phi) is 6.20. The zero-order valence-electron chi connectivity index (χ0n) is 21.8. The zero-order chi connectivity index (χ0) is 26.6. The van der Waals surface area contributed by atoms with Gasteiger partial charge in [-0.3, -0.25) is 5.01 Å². The van der Waals surface area contributed by atoms with Gasteiger partial charge in [-0.25, -0.2) is 0 Å². The lowest BCUT2D eigenvalue weighted by Crippen LogP contribution is -2.49. The number of methoxy groups -OCH3 is 3. The minimum absolute atomic E-state index is 0.0999. The maximum absolute atomic E-state index is 10.9. The molecule has 9 nitrogen and oxygen atoms in total. The smallest absolute Gasteiger partial charge is 0.231 e. The number of aryl methyl sites for hydroxylation is 1. The summed E-state index contributed by atoms with van der Waals surface area (Å²) in [4.78, 5) is 0. The van der Waals surface area contributed by atoms with Crippen LogP contribution in [0.5, 0.6) is 17.2 Å². The van der Waals surface area contributed by atoms with Crippen molar-refractivity contribution in [2.45, 2.75) is 19.1 Å². The Balaban J connectivity index is 1.48. The van der Waals surface area contributed by atoms with Crippen LogP contribution in [0, 0.1) is 30.6 Å². The SMILES string of the molecule is COc1ccc(N2C[C@@H]3C(=N2)C2C=C4OCOC4=CC2[C@@H](c2cc(C)c(OC)c(OC)c2)[C@H]3C(O)O)cc1. The van der Waals surface area contributed by atoms with Gasteiger partial charge in [0, 0.05) is 17.8 Å². The molecule has 5 atom stereocenters. The topological polar surface area (TPSA) is 102 Å². The molecule has 2 heterocycles. The van der Waals surface area contributed by atoms with Crippen LogP contribution in [0.1, 0.15) is 17.0 Å². The molecule has 0 spiro atoms. The second-order valence-corrected chi connectivity index (χ2v) is 10.1. The van der Waals surface area contributed by atoms with Gasteiger partial charge in [0.15, 0.2) is 29.3 Å². The van der Waals surface area contributed by atoms with Gasteiger partial charge in [-0.15, -0.1) is 0 Å². The van der Waals surface area contributed by atoms with Crippen LogP contribution >= 0.6 is 0 Å². The number of hydrazone groups is 1. The number of fused-ring (bicyclic) bond motifs is 4. The van der Waals surface area contributed by atoms with Gasteiger partial charge in [-0.1, -0.05) is 6.07 Å². The van der Waals surface area contributed by atoms with Crippen molar-refractivity contribution in [1.82, 2.24) is 0 Å². The molecule has 200 valence electrons. The number of ether oxygens (including phenoxy) is 5. The number of rotatable bonds is 6. The number of allylic oxidation sites excluding steroid dienone is 2. The number of anilines is 1. The lowest BCUT2D eigenvalue weighted by Gasteiger charge is -2.46. The Bertz CT molecular complexity index is 1320. The minimum atomic E-state index is -1.56. The van der Waals surface area contributed by atoms with Crippen LogP contribution in [0.25, 0.3) is 0 Å². The lowest BCUT2D eigenvalue weighted by atomic mass is 9.57. The second kappa shape index (κ2) is 9.56. The van der Waals surface area contributed by atoms with Crippen molar-refractivity contribution in [1.29, 1.82) is 0 Å². The molecule has 2 aromatic rings. The standard InChI is InChI=1S/C29H32N2O7/c1-15-9-16(10-24(35-3)28(15)36-4)25-19-11-22-23(38-14-37-22)12-20(19)27-21(26(25)29(32)33)13-31(30-27)17-5-7-18(34-2)8-6-17/h5-12,19-21,25-26,29,32-33H,13-14H2,1-4H3/t19?,20?,21-,25+,26-/m0/s1. The third-order valence-corrected chi connectivity index (χ3v) is 8.17. The molecule has 2 aromatic carbocycles. The Hall–Kier alpha value is -3.69. The quantitative estimate of drug-likeness (QED) is 0.558. The van der Waals surface area contributed by atoms with Gasteiger partial charge in [0.25, 0.3) is 0 Å². The minimum Gasteiger partial charge on any atom is -0.497 e. The van der Waals surface area contributed by atoms with Gasteiger partial charge in [-0.05, 0) is 72.4 Å². The summed E-state index contributed by atoms with van der Waals surface area (Å²) in [7, 11) is 4.86. The molecule has 1 saturated heterocycles. The van der Waals surface area contributed by atoms with Gasteiger partial charge in [-0.2, -0.15) is 5.10 Å². The Morgan fingerprint density at radius 1 is 0.974 bits per heavy atom. The van der Waals surface area contributed by atoms with E-state index in [0.29, 0.717) is 29.6 Å². The molecule has 2 fully saturated rings. The van der Waals surface area contributed by atoms with E-state index in [1.54, 1.807) is 21.3 Å². The Morgan fingerprint density at radius 3 is 2.37 bits per heavy atom. The number of aliphatic hydroxyl groups is 2. The van der Waals surface area contributed by atoms with Gasteiger partial charge < -0.3 is 33.9 Å². The largest absolute Gasteiger partial charge is 0.497 e. The summed E-state index contributed by atoms with van der Waals surface area (Å²) in [6.45, 7) is 2.65. The molecule has 4 aliphatic rings. The molecule has 9 heteroatoms. The molecule has 2 aliphatic heterocycles. The molecule has 0 aromatic heterocycles. The molecule has 0 radical (unpaired) electrons. The first-order valence-electron chi connectivity index (χ1n) is 12.7. The summed E-state index contributed by atoms with van der Waals surface area (Å²) in [5.41, 5.74) is 3.68. The third kappa shape index (κ3) is 3.88. The van der Waals surface area contributed by atoms with Gasteiger partial charge in [0.1, 0.15) is 5.75 Å². The summed E-state index contributed by atoms with van der Waals surface area (Å²) in [6.07, 6.45) is 2.58. The first-order chi connectivity index (χ1) is 18.4. The Labute approximate surface area is 221 Å². The summed E-state index contributed by atoms with van der Waals surface area (Å²) < 4.78 is 28.1. The maximum atomic E-state index is 10.9. The van der Waals surface area contributed by atoms with Crippen LogP contribution in [-0.4, -0.2) is 56.9 Å². The van der Waals surface area contributed by atoms with Gasteiger partial charge in [0.2, 0.25) is 6.79 Å². The van der Waals surface area contributed by atoms with Crippen LogP contribution < -0.4 is 19.2 Å². The lowest BCUT2D eigenvalue weighted by molar-refractivity contribution is -0.108. The number of hydrogen-bond donors (Lipinski definition) is 2. The van der Waals surface area contributed by atoms with E-state index in [1.807, 2.05) is 42.3 Å². The van der Waals surface area contributed by atoms with Crippen molar-refractivity contribution >= 4 is 11.4 Å². The first-order valence-corrected chi connectivity index (χ1v) is 12.7. The molecule has 0 amide bonds. The summed E-state index contributed by atoms with van der Waals surface area (Å²) in [5, 5.41) is 28.7. The van der Waals surface area contributed by atoms with E-state index in [0.717, 1.165) is 28.3 Å². The molecular weight excluding hydrogens is 488 g/mol. The van der Waals surface area contributed by atoms with Gasteiger partial charge in [0.05, 0.1) is 39.3 Å². The Morgan fingerprint density at radius 2 is 1.71 bits per heavy atom. The summed E-state index contributed by atoms with van der Waals surface area (Å²) in [6, 6.07) is 11.7. The number of aliphatic hydroxyl groups excluding tert-OH is 1. The monoisotopic (exact) mass is 520 g/mol.